The van der Waals surface area contributed by atoms with Gasteiger partial charge in [0.15, 0.2) is 17.3 Å². The molecular weight excluding hydrogens is 730 g/mol. The number of benzene rings is 4. The number of Topliss-reactive ketones (excluding diaryl/α,β-unsaturated/α-hetero) is 1. The summed E-state index contributed by atoms with van der Waals surface area (Å²) in [7, 11) is 4.59. The Morgan fingerprint density at radius 2 is 1.57 bits per heavy atom. The maximum atomic E-state index is 14.1. The van der Waals surface area contributed by atoms with E-state index in [1.165, 1.54) is 33.5 Å². The highest BCUT2D eigenvalue weighted by Crippen LogP contribution is 2.43. The van der Waals surface area contributed by atoms with Gasteiger partial charge in [-0.1, -0.05) is 53.5 Å². The second-order valence-electron chi connectivity index (χ2n) is 14.2. The number of ketones is 1. The lowest BCUT2D eigenvalue weighted by Gasteiger charge is -2.36. The summed E-state index contributed by atoms with van der Waals surface area (Å²) in [6.07, 6.45) is 2.96. The third-order valence-corrected chi connectivity index (χ3v) is 11.8. The van der Waals surface area contributed by atoms with E-state index in [2.05, 4.69) is 4.90 Å². The number of carbonyl (C=O) groups is 2. The predicted molar refractivity (Wildman–Crippen MR) is 208 cm³/mol. The molecule has 0 N–H and O–H groups in total. The smallest absolute Gasteiger partial charge is 0.254 e. The SMILES string of the molecule is COc1cc(C(=O)N2CC[C@@](CCN3CCC(C(=O)c4nc5ccccc5n4Cc4ccc(F)cc4)CC3)(c3ccc(Cl)c(Cl)c3)C2)cc(OC)c1OC. The summed E-state index contributed by atoms with van der Waals surface area (Å²) in [4.78, 5) is 37.2. The van der Waals surface area contributed by atoms with Crippen LogP contribution >= 0.6 is 23.2 Å². The maximum Gasteiger partial charge on any atom is 0.254 e. The van der Waals surface area contributed by atoms with Crippen LogP contribution in [0.4, 0.5) is 4.39 Å². The second kappa shape index (κ2) is 16.0. The highest BCUT2D eigenvalue weighted by atomic mass is 35.5. The van der Waals surface area contributed by atoms with Crippen LogP contribution in [-0.2, 0) is 12.0 Å². The standard InChI is InChI=1S/C42H43Cl2FN4O5/c1-52-36-22-29(23-37(53-2)39(36)54-3)41(51)48-21-17-42(26-48,30-10-13-32(43)33(44)24-30)16-20-47-18-14-28(15-19-47)38(50)40-46-34-6-4-5-7-35(34)49(40)25-27-8-11-31(45)12-9-27/h4-13,22-24,28H,14-21,25-26H2,1-3H3/t42-/m1/s1. The van der Waals surface area contributed by atoms with E-state index in [9.17, 15) is 14.0 Å². The Labute approximate surface area is 324 Å². The Hall–Kier alpha value is -4.64. The predicted octanol–water partition coefficient (Wildman–Crippen LogP) is 8.33. The number of nitrogens with zero attached hydrogens (tertiary/aromatic N) is 4. The molecule has 1 aromatic heterocycles. The van der Waals surface area contributed by atoms with Gasteiger partial charge in [-0.2, -0.15) is 0 Å². The normalized spacial score (nSPS) is 17.9. The third-order valence-electron chi connectivity index (χ3n) is 11.1. The Morgan fingerprint density at radius 3 is 2.24 bits per heavy atom. The van der Waals surface area contributed by atoms with E-state index in [0.29, 0.717) is 71.2 Å². The number of likely N-dealkylation sites (tertiary alicyclic amines) is 2. The molecule has 0 bridgehead atoms. The van der Waals surface area contributed by atoms with Gasteiger partial charge in [-0.3, -0.25) is 9.59 Å². The summed E-state index contributed by atoms with van der Waals surface area (Å²) < 4.78 is 32.1. The zero-order valence-electron chi connectivity index (χ0n) is 30.6. The molecule has 5 aromatic rings. The minimum Gasteiger partial charge on any atom is -0.493 e. The van der Waals surface area contributed by atoms with Gasteiger partial charge in [0.25, 0.3) is 5.91 Å². The summed E-state index contributed by atoms with van der Waals surface area (Å²) in [6, 6.07) is 23.3. The van der Waals surface area contributed by atoms with Crippen LogP contribution < -0.4 is 14.2 Å². The van der Waals surface area contributed by atoms with Gasteiger partial charge in [0.2, 0.25) is 11.5 Å². The van der Waals surface area contributed by atoms with Crippen molar-refractivity contribution in [1.29, 1.82) is 0 Å². The topological polar surface area (TPSA) is 86.1 Å². The van der Waals surface area contributed by atoms with Crippen LogP contribution in [0.1, 0.15) is 57.8 Å². The number of hydrogen-bond donors (Lipinski definition) is 0. The number of piperidine rings is 1. The van der Waals surface area contributed by atoms with Crippen molar-refractivity contribution in [3.05, 3.63) is 117 Å². The summed E-state index contributed by atoms with van der Waals surface area (Å²) >= 11 is 12.9. The quantitative estimate of drug-likeness (QED) is 0.118. The number of fused-ring (bicyclic) bond motifs is 1. The number of hydrogen-bond acceptors (Lipinski definition) is 7. The molecule has 2 aliphatic rings. The van der Waals surface area contributed by atoms with Gasteiger partial charge in [-0.25, -0.2) is 9.37 Å². The molecule has 7 rings (SSSR count). The molecular formula is C42H43Cl2FN4O5. The van der Waals surface area contributed by atoms with E-state index < -0.39 is 0 Å². The first-order chi connectivity index (χ1) is 26.1. The molecule has 0 unspecified atom stereocenters. The number of amides is 1. The van der Waals surface area contributed by atoms with Crippen molar-refractivity contribution in [3.8, 4) is 17.2 Å². The van der Waals surface area contributed by atoms with E-state index >= 15 is 0 Å². The van der Waals surface area contributed by atoms with Gasteiger partial charge in [-0.15, -0.1) is 0 Å². The first-order valence-corrected chi connectivity index (χ1v) is 18.9. The Morgan fingerprint density at radius 1 is 0.870 bits per heavy atom. The molecule has 2 fully saturated rings. The van der Waals surface area contributed by atoms with Crippen molar-refractivity contribution in [2.24, 2.45) is 5.92 Å². The largest absolute Gasteiger partial charge is 0.493 e. The number of halogens is 3. The lowest BCUT2D eigenvalue weighted by molar-refractivity contribution is 0.0777. The maximum absolute atomic E-state index is 14.1. The third kappa shape index (κ3) is 7.52. The fourth-order valence-electron chi connectivity index (χ4n) is 8.01. The lowest BCUT2D eigenvalue weighted by Crippen LogP contribution is -2.41. The zero-order chi connectivity index (χ0) is 38.0. The molecule has 2 saturated heterocycles. The minimum absolute atomic E-state index is 0.0389. The Kier molecular flexibility index (Phi) is 11.2. The number of imidazole rings is 1. The fraction of sp³-hybridized carbons (Fsp3) is 0.357. The molecule has 1 atom stereocenters. The highest BCUT2D eigenvalue weighted by molar-refractivity contribution is 6.42. The molecule has 0 spiro atoms. The van der Waals surface area contributed by atoms with Crippen molar-refractivity contribution < 1.29 is 28.2 Å². The number of carbonyl (C=O) groups excluding carboxylic acids is 2. The molecule has 282 valence electrons. The van der Waals surface area contributed by atoms with E-state index in [1.54, 1.807) is 24.3 Å². The van der Waals surface area contributed by atoms with E-state index in [4.69, 9.17) is 42.4 Å². The number of rotatable bonds is 12. The van der Waals surface area contributed by atoms with Gasteiger partial charge >= 0.3 is 0 Å². The Bertz CT molecular complexity index is 2140. The summed E-state index contributed by atoms with van der Waals surface area (Å²) in [6.45, 7) is 3.80. The average molecular weight is 774 g/mol. The van der Waals surface area contributed by atoms with Crippen molar-refractivity contribution >= 4 is 45.9 Å². The number of para-hydroxylation sites is 2. The summed E-state index contributed by atoms with van der Waals surface area (Å²) in [5.41, 5.74) is 3.68. The summed E-state index contributed by atoms with van der Waals surface area (Å²) in [5.74, 6) is 1.17. The van der Waals surface area contributed by atoms with E-state index in [0.717, 1.165) is 54.6 Å². The van der Waals surface area contributed by atoms with Crippen LogP contribution in [0.3, 0.4) is 0 Å². The molecule has 0 radical (unpaired) electrons. The number of aromatic nitrogens is 2. The highest BCUT2D eigenvalue weighted by Gasteiger charge is 2.42. The van der Waals surface area contributed by atoms with Gasteiger partial charge in [0.05, 0.1) is 42.4 Å². The average Bonchev–Trinajstić information content (AvgIpc) is 3.81. The zero-order valence-corrected chi connectivity index (χ0v) is 32.1. The monoisotopic (exact) mass is 772 g/mol. The van der Waals surface area contributed by atoms with Crippen LogP contribution in [-0.4, -0.2) is 85.1 Å². The van der Waals surface area contributed by atoms with Gasteiger partial charge in [0, 0.05) is 36.5 Å². The first kappa shape index (κ1) is 37.7. The van der Waals surface area contributed by atoms with Crippen LogP contribution in [0.25, 0.3) is 11.0 Å². The molecule has 54 heavy (non-hydrogen) atoms. The van der Waals surface area contributed by atoms with Crippen molar-refractivity contribution in [2.75, 3.05) is 54.1 Å². The van der Waals surface area contributed by atoms with Crippen molar-refractivity contribution in [2.45, 2.75) is 37.6 Å². The molecule has 0 saturated carbocycles. The number of ether oxygens (including phenoxy) is 3. The molecule has 9 nitrogen and oxygen atoms in total. The fourth-order valence-corrected chi connectivity index (χ4v) is 8.31. The van der Waals surface area contributed by atoms with E-state index in [1.807, 2.05) is 51.9 Å². The summed E-state index contributed by atoms with van der Waals surface area (Å²) in [5, 5.41) is 0.963. The van der Waals surface area contributed by atoms with Crippen molar-refractivity contribution in [1.82, 2.24) is 19.4 Å². The molecule has 4 aromatic carbocycles. The molecule has 12 heteroatoms. The van der Waals surface area contributed by atoms with E-state index in [-0.39, 0.29) is 28.8 Å². The Balaban J connectivity index is 1.06. The van der Waals surface area contributed by atoms with Crippen LogP contribution in [0.5, 0.6) is 17.2 Å². The van der Waals surface area contributed by atoms with Crippen LogP contribution in [0, 0.1) is 11.7 Å². The number of methoxy groups -OCH3 is 3. The first-order valence-electron chi connectivity index (χ1n) is 18.1. The molecule has 2 aliphatic heterocycles. The molecule has 3 heterocycles. The van der Waals surface area contributed by atoms with Gasteiger partial charge in [0.1, 0.15) is 5.82 Å². The van der Waals surface area contributed by atoms with Crippen molar-refractivity contribution in [3.63, 3.8) is 0 Å². The van der Waals surface area contributed by atoms with Gasteiger partial charge < -0.3 is 28.6 Å². The second-order valence-corrected chi connectivity index (χ2v) is 15.0. The molecule has 1 amide bonds. The lowest BCUT2D eigenvalue weighted by atomic mass is 9.76. The molecule has 0 aliphatic carbocycles. The minimum atomic E-state index is -0.359. The van der Waals surface area contributed by atoms with Gasteiger partial charge in [-0.05, 0) is 105 Å². The van der Waals surface area contributed by atoms with Crippen LogP contribution in [0.2, 0.25) is 10.0 Å². The van der Waals surface area contributed by atoms with Crippen LogP contribution in [0.15, 0.2) is 78.9 Å².